The first-order valence-electron chi connectivity index (χ1n) is 10.9. The van der Waals surface area contributed by atoms with E-state index in [2.05, 4.69) is 21.4 Å². The minimum Gasteiger partial charge on any atom is -0.489 e. The lowest BCUT2D eigenvalue weighted by Gasteiger charge is -2.33. The number of benzene rings is 1. The van der Waals surface area contributed by atoms with Crippen LogP contribution >= 0.6 is 0 Å². The molecule has 0 aliphatic carbocycles. The highest BCUT2D eigenvalue weighted by atomic mass is 16.6. The summed E-state index contributed by atoms with van der Waals surface area (Å²) >= 11 is 0. The van der Waals surface area contributed by atoms with E-state index in [0.717, 1.165) is 11.3 Å². The van der Waals surface area contributed by atoms with Gasteiger partial charge in [-0.2, -0.15) is 25.4 Å². The van der Waals surface area contributed by atoms with Crippen molar-refractivity contribution in [3.05, 3.63) is 54.1 Å². The molecule has 1 fully saturated rings. The number of hydrogen-bond donors (Lipinski definition) is 0. The van der Waals surface area contributed by atoms with Gasteiger partial charge in [0.25, 0.3) is 0 Å². The standard InChI is InChI=1S/C23H27N7O3/c1-23(2,3)33-22(31)28-12-8-18(9-13-28)29-21(14-24)17(15-27-29)16-32-20-6-4-19(5-7-20)30-25-10-11-26-30/h4-7,10-11,15,18H,8-9,12-13,16H2,1-3H3. The molecule has 0 atom stereocenters. The Balaban J connectivity index is 1.36. The van der Waals surface area contributed by atoms with Gasteiger partial charge in [0.1, 0.15) is 29.7 Å². The van der Waals surface area contributed by atoms with Crippen LogP contribution in [-0.4, -0.2) is 54.5 Å². The number of piperidine rings is 1. The number of nitriles is 1. The molecular formula is C23H27N7O3. The number of ether oxygens (including phenoxy) is 2. The van der Waals surface area contributed by atoms with Crippen LogP contribution in [0.3, 0.4) is 0 Å². The number of rotatable bonds is 5. The van der Waals surface area contributed by atoms with Gasteiger partial charge in [-0.15, -0.1) is 0 Å². The Kier molecular flexibility index (Phi) is 6.31. The molecular weight excluding hydrogens is 422 g/mol. The van der Waals surface area contributed by atoms with Crippen molar-refractivity contribution in [3.63, 3.8) is 0 Å². The molecule has 0 bridgehead atoms. The second-order valence-electron chi connectivity index (χ2n) is 8.87. The first-order chi connectivity index (χ1) is 15.8. The van der Waals surface area contributed by atoms with Crippen molar-refractivity contribution >= 4 is 6.09 Å². The topological polar surface area (TPSA) is 111 Å². The summed E-state index contributed by atoms with van der Waals surface area (Å²) in [6.07, 6.45) is 6.03. The molecule has 10 heteroatoms. The molecule has 4 rings (SSSR count). The molecule has 3 aromatic rings. The lowest BCUT2D eigenvalue weighted by molar-refractivity contribution is 0.0184. The third-order valence-electron chi connectivity index (χ3n) is 5.32. The number of nitrogens with zero attached hydrogens (tertiary/aromatic N) is 7. The van der Waals surface area contributed by atoms with E-state index in [-0.39, 0.29) is 18.7 Å². The Hall–Kier alpha value is -3.87. The molecule has 0 saturated carbocycles. The van der Waals surface area contributed by atoms with Crippen molar-refractivity contribution in [2.45, 2.75) is 51.9 Å². The maximum atomic E-state index is 12.3. The van der Waals surface area contributed by atoms with Gasteiger partial charge in [0.05, 0.1) is 30.3 Å². The van der Waals surface area contributed by atoms with Crippen molar-refractivity contribution in [2.75, 3.05) is 13.1 Å². The largest absolute Gasteiger partial charge is 0.489 e. The van der Waals surface area contributed by atoms with Crippen LogP contribution in [0.4, 0.5) is 4.79 Å². The summed E-state index contributed by atoms with van der Waals surface area (Å²) in [5.74, 6) is 0.674. The number of hydrogen-bond acceptors (Lipinski definition) is 7. The molecule has 0 unspecified atom stereocenters. The first-order valence-corrected chi connectivity index (χ1v) is 10.9. The molecule has 1 aromatic carbocycles. The quantitative estimate of drug-likeness (QED) is 0.586. The average Bonchev–Trinajstić information content (AvgIpc) is 3.47. The fraction of sp³-hybridized carbons (Fsp3) is 0.435. The molecule has 3 heterocycles. The summed E-state index contributed by atoms with van der Waals surface area (Å²) in [7, 11) is 0. The molecule has 33 heavy (non-hydrogen) atoms. The predicted octanol–water partition coefficient (Wildman–Crippen LogP) is 3.49. The van der Waals surface area contributed by atoms with Crippen LogP contribution in [0.15, 0.2) is 42.9 Å². The van der Waals surface area contributed by atoms with Gasteiger partial charge in [-0.25, -0.2) is 4.79 Å². The lowest BCUT2D eigenvalue weighted by Crippen LogP contribution is -2.42. The Morgan fingerprint density at radius 3 is 2.39 bits per heavy atom. The highest BCUT2D eigenvalue weighted by Crippen LogP contribution is 2.26. The van der Waals surface area contributed by atoms with Crippen molar-refractivity contribution in [1.82, 2.24) is 29.7 Å². The summed E-state index contributed by atoms with van der Waals surface area (Å²) < 4.78 is 13.1. The fourth-order valence-electron chi connectivity index (χ4n) is 3.71. The Morgan fingerprint density at radius 1 is 1.12 bits per heavy atom. The second kappa shape index (κ2) is 9.32. The van der Waals surface area contributed by atoms with Gasteiger partial charge in [-0.1, -0.05) is 0 Å². The Morgan fingerprint density at radius 2 is 1.79 bits per heavy atom. The van der Waals surface area contributed by atoms with Gasteiger partial charge < -0.3 is 14.4 Å². The predicted molar refractivity (Wildman–Crippen MR) is 119 cm³/mol. The Labute approximate surface area is 192 Å². The van der Waals surface area contributed by atoms with Crippen LogP contribution < -0.4 is 4.74 Å². The summed E-state index contributed by atoms with van der Waals surface area (Å²) in [6.45, 7) is 6.93. The maximum Gasteiger partial charge on any atom is 0.410 e. The monoisotopic (exact) mass is 449 g/mol. The number of carbonyl (C=O) groups is 1. The lowest BCUT2D eigenvalue weighted by atomic mass is 10.1. The van der Waals surface area contributed by atoms with Crippen molar-refractivity contribution in [2.24, 2.45) is 0 Å². The molecule has 0 spiro atoms. The van der Waals surface area contributed by atoms with Crippen LogP contribution in [0, 0.1) is 11.3 Å². The van der Waals surface area contributed by atoms with Gasteiger partial charge in [-0.3, -0.25) is 4.68 Å². The Bertz CT molecular complexity index is 1120. The molecule has 0 radical (unpaired) electrons. The van der Waals surface area contributed by atoms with Gasteiger partial charge in [0.15, 0.2) is 0 Å². The van der Waals surface area contributed by atoms with Crippen LogP contribution in [0.5, 0.6) is 5.75 Å². The molecule has 1 amide bonds. The summed E-state index contributed by atoms with van der Waals surface area (Å²) in [4.78, 5) is 15.5. The van der Waals surface area contributed by atoms with Crippen LogP contribution in [0.1, 0.15) is 50.9 Å². The van der Waals surface area contributed by atoms with E-state index >= 15 is 0 Å². The molecule has 10 nitrogen and oxygen atoms in total. The molecule has 172 valence electrons. The normalized spacial score (nSPS) is 14.7. The molecule has 1 aliphatic heterocycles. The van der Waals surface area contributed by atoms with Crippen molar-refractivity contribution in [3.8, 4) is 17.5 Å². The summed E-state index contributed by atoms with van der Waals surface area (Å²) in [5.41, 5.74) is 1.53. The second-order valence-corrected chi connectivity index (χ2v) is 8.87. The number of aromatic nitrogens is 5. The molecule has 1 saturated heterocycles. The van der Waals surface area contributed by atoms with E-state index in [0.29, 0.717) is 37.4 Å². The summed E-state index contributed by atoms with van der Waals surface area (Å²) in [6, 6.07) is 9.71. The van der Waals surface area contributed by atoms with Crippen LogP contribution in [0.25, 0.3) is 5.69 Å². The van der Waals surface area contributed by atoms with Gasteiger partial charge in [-0.05, 0) is 57.9 Å². The smallest absolute Gasteiger partial charge is 0.410 e. The summed E-state index contributed by atoms with van der Waals surface area (Å²) in [5, 5.41) is 22.4. The average molecular weight is 450 g/mol. The minimum absolute atomic E-state index is 0.0490. The van der Waals surface area contributed by atoms with Crippen molar-refractivity contribution in [1.29, 1.82) is 5.26 Å². The number of carbonyl (C=O) groups excluding carboxylic acids is 1. The van der Waals surface area contributed by atoms with E-state index in [4.69, 9.17) is 9.47 Å². The van der Waals surface area contributed by atoms with E-state index < -0.39 is 5.60 Å². The third kappa shape index (κ3) is 5.31. The zero-order valence-corrected chi connectivity index (χ0v) is 19.0. The molecule has 0 N–H and O–H groups in total. The van der Waals surface area contributed by atoms with Crippen molar-refractivity contribution < 1.29 is 14.3 Å². The van der Waals surface area contributed by atoms with E-state index in [1.165, 1.54) is 4.80 Å². The zero-order valence-electron chi connectivity index (χ0n) is 19.0. The molecule has 2 aromatic heterocycles. The molecule has 1 aliphatic rings. The van der Waals surface area contributed by atoms with E-state index in [1.54, 1.807) is 28.2 Å². The minimum atomic E-state index is -0.519. The highest BCUT2D eigenvalue weighted by molar-refractivity contribution is 5.68. The first kappa shape index (κ1) is 22.3. The maximum absolute atomic E-state index is 12.3. The van der Waals surface area contributed by atoms with Crippen LogP contribution in [-0.2, 0) is 11.3 Å². The fourth-order valence-corrected chi connectivity index (χ4v) is 3.71. The SMILES string of the molecule is CC(C)(C)OC(=O)N1CCC(n2ncc(COc3ccc(-n4nccn4)cc3)c2C#N)CC1. The van der Waals surface area contributed by atoms with Gasteiger partial charge >= 0.3 is 6.09 Å². The van der Waals surface area contributed by atoms with E-state index in [1.807, 2.05) is 45.0 Å². The van der Waals surface area contributed by atoms with Gasteiger partial charge in [0, 0.05) is 18.7 Å². The van der Waals surface area contributed by atoms with Gasteiger partial charge in [0.2, 0.25) is 0 Å². The third-order valence-corrected chi connectivity index (χ3v) is 5.32. The van der Waals surface area contributed by atoms with Crippen LogP contribution in [0.2, 0.25) is 0 Å². The highest BCUT2D eigenvalue weighted by Gasteiger charge is 2.29. The number of likely N-dealkylation sites (tertiary alicyclic amines) is 1. The number of amides is 1. The zero-order chi connectivity index (χ0) is 23.4. The van der Waals surface area contributed by atoms with E-state index in [9.17, 15) is 10.1 Å².